The summed E-state index contributed by atoms with van der Waals surface area (Å²) in [5.41, 5.74) is 20.9. The van der Waals surface area contributed by atoms with Crippen LogP contribution in [0.1, 0.15) is 56.7 Å². The Morgan fingerprint density at radius 1 is 0.402 bits per heavy atom. The fraction of sp³-hybridized carbons (Fsp3) is 0.242. The fourth-order valence-electron chi connectivity index (χ4n) is 10.5. The molecule has 0 aliphatic rings. The van der Waals surface area contributed by atoms with Crippen LogP contribution in [0.5, 0.6) is 0 Å². The van der Waals surface area contributed by atoms with Crippen molar-refractivity contribution in [3.8, 4) is 11.4 Å². The average molecular weight is 1100 g/mol. The molecular formula is C66H78N16+6. The van der Waals surface area contributed by atoms with Crippen molar-refractivity contribution in [1.29, 1.82) is 0 Å². The summed E-state index contributed by atoms with van der Waals surface area (Å²) in [5.74, 6) is 3.41. The van der Waals surface area contributed by atoms with Crippen molar-refractivity contribution < 1.29 is 26.7 Å². The molecule has 14 aromatic rings. The van der Waals surface area contributed by atoms with E-state index < -0.39 is 0 Å². The van der Waals surface area contributed by atoms with Crippen LogP contribution in [0.3, 0.4) is 0 Å². The minimum Gasteiger partial charge on any atom is -0.263 e. The highest BCUT2D eigenvalue weighted by Crippen LogP contribution is 2.25. The Morgan fingerprint density at radius 3 is 1.60 bits per heavy atom. The molecule has 14 rings (SSSR count). The van der Waals surface area contributed by atoms with Gasteiger partial charge in [0.05, 0.1) is 60.9 Å². The number of hydrogen-bond donors (Lipinski definition) is 0. The van der Waals surface area contributed by atoms with Crippen LogP contribution >= 0.6 is 0 Å². The molecule has 0 saturated carbocycles. The summed E-state index contributed by atoms with van der Waals surface area (Å²) in [5, 5.41) is 0. The van der Waals surface area contributed by atoms with Crippen molar-refractivity contribution in [2.45, 2.75) is 69.2 Å². The van der Waals surface area contributed by atoms with Crippen LogP contribution < -0.4 is 26.7 Å². The van der Waals surface area contributed by atoms with Gasteiger partial charge in [-0.3, -0.25) is 14.1 Å². The summed E-state index contributed by atoms with van der Waals surface area (Å²) in [6.07, 6.45) is 25.2. The number of nitrogens with zero attached hydrogens (tertiary/aromatic N) is 16. The Balaban J connectivity index is 0.000000121. The monoisotopic (exact) mass is 1090 g/mol. The number of imidazole rings is 6. The Labute approximate surface area is 480 Å². The predicted octanol–water partition coefficient (Wildman–Crippen LogP) is 8.63. The van der Waals surface area contributed by atoms with Crippen molar-refractivity contribution in [3.63, 3.8) is 0 Å². The summed E-state index contributed by atoms with van der Waals surface area (Å²) >= 11 is 0. The van der Waals surface area contributed by atoms with Gasteiger partial charge in [0, 0.05) is 45.9 Å². The molecule has 416 valence electrons. The number of hydrogen-bond acceptors (Lipinski definition) is 4. The number of aromatic nitrogens is 16. The van der Waals surface area contributed by atoms with E-state index in [0.717, 1.165) is 28.2 Å². The van der Waals surface area contributed by atoms with Gasteiger partial charge in [0.1, 0.15) is 89.9 Å². The maximum atomic E-state index is 4.56. The first-order valence-corrected chi connectivity index (χ1v) is 27.5. The molecule has 11 aromatic heterocycles. The van der Waals surface area contributed by atoms with Crippen LogP contribution in [0, 0.1) is 69.2 Å². The minimum atomic E-state index is 0.977. The Kier molecular flexibility index (Phi) is 16.9. The second-order valence-corrected chi connectivity index (χ2v) is 21.0. The summed E-state index contributed by atoms with van der Waals surface area (Å²) in [7, 11) is 12.4. The molecule has 0 bridgehead atoms. The van der Waals surface area contributed by atoms with Crippen LogP contribution in [0.25, 0.3) is 56.3 Å². The lowest BCUT2D eigenvalue weighted by Gasteiger charge is -2.08. The zero-order valence-corrected chi connectivity index (χ0v) is 50.5. The van der Waals surface area contributed by atoms with Gasteiger partial charge in [-0.15, -0.1) is 9.97 Å². The van der Waals surface area contributed by atoms with Gasteiger partial charge in [0.2, 0.25) is 17.8 Å². The Morgan fingerprint density at radius 2 is 0.951 bits per heavy atom. The van der Waals surface area contributed by atoms with Crippen molar-refractivity contribution in [1.82, 2.24) is 47.3 Å². The Bertz CT molecular complexity index is 4070. The molecule has 0 saturated heterocycles. The van der Waals surface area contributed by atoms with E-state index in [4.69, 9.17) is 0 Å². The Hall–Kier alpha value is -9.70. The minimum absolute atomic E-state index is 0.977. The molecular weight excluding hydrogens is 1020 g/mol. The summed E-state index contributed by atoms with van der Waals surface area (Å²) in [6.45, 7) is 21.3. The molecule has 0 unspecified atom stereocenters. The molecule has 0 atom stereocenters. The van der Waals surface area contributed by atoms with Crippen molar-refractivity contribution >= 4 is 44.9 Å². The van der Waals surface area contributed by atoms with Gasteiger partial charge >= 0.3 is 17.1 Å². The number of rotatable bonds is 2. The van der Waals surface area contributed by atoms with Crippen molar-refractivity contribution in [3.05, 3.63) is 240 Å². The SMILES string of the molecule is Cc1c[n+]2ccccc2n1C.Cc1c[n+]2cccnc2n1C.Cc1c[n+]2ccncc2n1C.Cc1c[n+]2cnccc2n1C.Cc1cccc(C)c1-[n+]1c(C)n(C)c2cccnc21.Cc1cccc(C)c1-n1c(C)[n+](C)c2ccccc21. The first-order valence-electron chi connectivity index (χ1n) is 27.5. The van der Waals surface area contributed by atoms with Crippen LogP contribution in [-0.2, 0) is 42.3 Å². The van der Waals surface area contributed by atoms with Crippen LogP contribution in [0.15, 0.2) is 184 Å². The molecule has 0 fully saturated rings. The third-order valence-electron chi connectivity index (χ3n) is 15.7. The van der Waals surface area contributed by atoms with Gasteiger partial charge in [0.15, 0.2) is 16.6 Å². The smallest absolute Gasteiger partial charge is 0.263 e. The zero-order valence-electron chi connectivity index (χ0n) is 50.5. The number of aryl methyl sites for hydroxylation is 14. The quantitative estimate of drug-likeness (QED) is 0.162. The highest BCUT2D eigenvalue weighted by Gasteiger charge is 2.24. The van der Waals surface area contributed by atoms with Gasteiger partial charge in [-0.25, -0.2) is 31.5 Å². The largest absolute Gasteiger partial charge is 0.403 e. The fourth-order valence-corrected chi connectivity index (χ4v) is 10.5. The van der Waals surface area contributed by atoms with Gasteiger partial charge in [-0.2, -0.15) is 13.5 Å². The second kappa shape index (κ2) is 24.3. The van der Waals surface area contributed by atoms with Gasteiger partial charge < -0.3 is 0 Å². The molecule has 0 radical (unpaired) electrons. The zero-order chi connectivity index (χ0) is 58.5. The summed E-state index contributed by atoms with van der Waals surface area (Å²) in [4.78, 5) is 16.9. The topological polar surface area (TPSA) is 105 Å². The summed E-state index contributed by atoms with van der Waals surface area (Å²) in [6, 6.07) is 35.6. The molecule has 0 amide bonds. The van der Waals surface area contributed by atoms with Crippen LogP contribution in [-0.4, -0.2) is 47.3 Å². The van der Waals surface area contributed by atoms with Crippen LogP contribution in [0.2, 0.25) is 0 Å². The second-order valence-electron chi connectivity index (χ2n) is 21.0. The van der Waals surface area contributed by atoms with E-state index in [9.17, 15) is 0 Å². The molecule has 0 aliphatic heterocycles. The lowest BCUT2D eigenvalue weighted by atomic mass is 10.1. The number of para-hydroxylation sites is 4. The maximum Gasteiger partial charge on any atom is 0.403 e. The highest BCUT2D eigenvalue weighted by atomic mass is 15.2. The van der Waals surface area contributed by atoms with E-state index in [1.165, 1.54) is 84.7 Å². The molecule has 0 spiro atoms. The molecule has 82 heavy (non-hydrogen) atoms. The van der Waals surface area contributed by atoms with E-state index in [1.54, 1.807) is 18.6 Å². The molecule has 16 nitrogen and oxygen atoms in total. The molecule has 0 N–H and O–H groups in total. The maximum absolute atomic E-state index is 4.56. The first kappa shape index (κ1) is 57.0. The molecule has 0 aliphatic carbocycles. The summed E-state index contributed by atoms with van der Waals surface area (Å²) < 4.78 is 25.7. The predicted molar refractivity (Wildman–Crippen MR) is 322 cm³/mol. The molecule has 3 aromatic carbocycles. The highest BCUT2D eigenvalue weighted by molar-refractivity contribution is 5.75. The van der Waals surface area contributed by atoms with Gasteiger partial charge in [-0.1, -0.05) is 59.6 Å². The molecule has 16 heteroatoms. The van der Waals surface area contributed by atoms with E-state index >= 15 is 0 Å². The van der Waals surface area contributed by atoms with Gasteiger partial charge in [0.25, 0.3) is 11.5 Å². The lowest BCUT2D eigenvalue weighted by Crippen LogP contribution is -2.36. The average Bonchev–Trinajstić information content (AvgIpc) is 4.47. The third kappa shape index (κ3) is 11.4. The molecule has 11 heterocycles. The van der Waals surface area contributed by atoms with E-state index in [0.29, 0.717) is 0 Å². The first-order chi connectivity index (χ1) is 39.4. The van der Waals surface area contributed by atoms with Crippen LogP contribution in [0.4, 0.5) is 0 Å². The number of benzene rings is 3. The number of pyridine rings is 2. The normalized spacial score (nSPS) is 10.9. The van der Waals surface area contributed by atoms with E-state index in [1.807, 2.05) is 85.3 Å². The van der Waals surface area contributed by atoms with Crippen molar-refractivity contribution in [2.75, 3.05) is 0 Å². The number of fused-ring (bicyclic) bond motifs is 6. The standard InChI is InChI=1S/C17H19N2.C16H18N3.C9H11N2.3C8H10N3/c1-12-8-7-9-13(2)17(12)19-14(3)18(4)15-10-5-6-11-16(15)19;1-11-7-5-8-12(2)15(11)19-13(3)18(4)14-9-6-10-17-16(14)19;1-8-7-11-6-4-3-5-9(11)10(8)2;1-7-6-11-4-3-9-5-8(11)10(7)2;1-7-5-11-6-9-4-3-8(11)10(7)2;1-7-6-11-5-3-4-9-8(11)10(7)2/h5-11H,1-4H3;5-10H,1-4H3;3-7H,1-2H3;3*3-6H,1-2H3/q6*+1. The van der Waals surface area contributed by atoms with Crippen molar-refractivity contribution in [2.24, 2.45) is 42.3 Å². The third-order valence-corrected chi connectivity index (χ3v) is 15.7. The van der Waals surface area contributed by atoms with E-state index in [-0.39, 0.29) is 0 Å². The lowest BCUT2D eigenvalue weighted by molar-refractivity contribution is -0.652. The van der Waals surface area contributed by atoms with Gasteiger partial charge in [-0.05, 0) is 94.1 Å². The van der Waals surface area contributed by atoms with E-state index in [2.05, 4.69) is 266 Å².